The van der Waals surface area contributed by atoms with Crippen molar-refractivity contribution in [2.75, 3.05) is 80.5 Å². The Morgan fingerprint density at radius 2 is 0.958 bits per heavy atom. The Kier molecular flexibility index (Phi) is 24.0. The van der Waals surface area contributed by atoms with Crippen molar-refractivity contribution in [2.24, 2.45) is 0 Å². The van der Waals surface area contributed by atoms with Crippen molar-refractivity contribution >= 4 is 141 Å². The monoisotopic (exact) mass is 852 g/mol. The second kappa shape index (κ2) is 26.6. The minimum atomic E-state index is -1.17. The Balaban J connectivity index is 1.33. The van der Waals surface area contributed by atoms with Crippen LogP contribution in [0.25, 0.3) is 0 Å². The van der Waals surface area contributed by atoms with Gasteiger partial charge in [0.15, 0.2) is 0 Å². The molecule has 0 aliphatic carbocycles. The summed E-state index contributed by atoms with van der Waals surface area (Å²) in [4.78, 5) is 46.0. The lowest BCUT2D eigenvalue weighted by atomic mass is 10.4. The maximum atomic E-state index is 12.2. The van der Waals surface area contributed by atoms with Gasteiger partial charge < -0.3 is 19.7 Å². The van der Waals surface area contributed by atoms with E-state index < -0.39 is 23.9 Å². The molecule has 3 fully saturated rings. The van der Waals surface area contributed by atoms with Crippen LogP contribution in [0.4, 0.5) is 0 Å². The summed E-state index contributed by atoms with van der Waals surface area (Å²) in [5.74, 6) is 10.2. The second-order valence-corrected chi connectivity index (χ2v) is 23.5. The summed E-state index contributed by atoms with van der Waals surface area (Å²) in [6, 6.07) is 0. The zero-order chi connectivity index (χ0) is 34.4. The van der Waals surface area contributed by atoms with Crippen LogP contribution in [0.5, 0.6) is 0 Å². The van der Waals surface area contributed by atoms with E-state index in [1.165, 1.54) is 23.0 Å². The first kappa shape index (κ1) is 43.3. The zero-order valence-electron chi connectivity index (χ0n) is 26.5. The summed E-state index contributed by atoms with van der Waals surface area (Å²) in [6.45, 7) is 0. The molecule has 0 amide bonds. The molecule has 2 N–H and O–H groups in total. The fraction of sp³-hybridized carbons (Fsp3) is 0.733. The molecule has 272 valence electrons. The van der Waals surface area contributed by atoms with E-state index in [-0.39, 0.29) is 12.2 Å². The van der Waals surface area contributed by atoms with Crippen LogP contribution in [-0.4, -0.2) is 147 Å². The van der Waals surface area contributed by atoms with Crippen molar-refractivity contribution in [3.05, 3.63) is 24.3 Å². The van der Waals surface area contributed by atoms with E-state index in [1.807, 2.05) is 70.6 Å². The van der Waals surface area contributed by atoms with Crippen molar-refractivity contribution in [1.29, 1.82) is 0 Å². The van der Waals surface area contributed by atoms with Gasteiger partial charge in [0.1, 0.15) is 12.2 Å². The third kappa shape index (κ3) is 20.8. The van der Waals surface area contributed by atoms with Crippen LogP contribution in [0.2, 0.25) is 0 Å². The van der Waals surface area contributed by atoms with E-state index in [4.69, 9.17) is 19.7 Å². The molecular formula is C30H44O8S10. The molecular weight excluding hydrogens is 809 g/mol. The predicted octanol–water partition coefficient (Wildman–Crippen LogP) is 6.63. The molecule has 8 nitrogen and oxygen atoms in total. The smallest absolute Gasteiger partial charge is 0.331 e. The van der Waals surface area contributed by atoms with Gasteiger partial charge in [0.25, 0.3) is 0 Å². The molecule has 0 radical (unpaired) electrons. The number of carbonyl (C=O) groups excluding carboxylic acids is 2. The molecule has 0 aromatic carbocycles. The number of hydrogen-bond donors (Lipinski definition) is 2. The molecule has 0 aromatic heterocycles. The number of carbonyl (C=O) groups is 4. The highest BCUT2D eigenvalue weighted by molar-refractivity contribution is 8.20. The highest BCUT2D eigenvalue weighted by atomic mass is 32.2. The van der Waals surface area contributed by atoms with Gasteiger partial charge in [-0.25, -0.2) is 19.2 Å². The van der Waals surface area contributed by atoms with Gasteiger partial charge in [0.2, 0.25) is 0 Å². The van der Waals surface area contributed by atoms with Gasteiger partial charge in [-0.3, -0.25) is 0 Å². The molecule has 4 unspecified atom stereocenters. The van der Waals surface area contributed by atoms with E-state index in [0.717, 1.165) is 71.7 Å². The van der Waals surface area contributed by atoms with Crippen LogP contribution in [0.15, 0.2) is 24.3 Å². The quantitative estimate of drug-likeness (QED) is 0.0612. The number of carboxylic acid groups (broad SMARTS) is 2. The Morgan fingerprint density at radius 1 is 0.583 bits per heavy atom. The topological polar surface area (TPSA) is 127 Å². The number of hydrogen-bond acceptors (Lipinski definition) is 16. The van der Waals surface area contributed by atoms with Crippen molar-refractivity contribution in [3.63, 3.8) is 0 Å². The minimum Gasteiger partial charge on any atom is -0.478 e. The number of rotatable bonds is 24. The normalized spacial score (nSPS) is 21.9. The largest absolute Gasteiger partial charge is 0.478 e. The van der Waals surface area contributed by atoms with Gasteiger partial charge in [0.05, 0.1) is 9.16 Å². The van der Waals surface area contributed by atoms with E-state index in [0.29, 0.717) is 42.7 Å². The third-order valence-electron chi connectivity index (χ3n) is 6.53. The minimum absolute atomic E-state index is 0.263. The van der Waals surface area contributed by atoms with Gasteiger partial charge in [-0.15, -0.1) is 47.0 Å². The molecule has 0 aromatic rings. The number of ether oxygens (including phenoxy) is 2. The zero-order valence-corrected chi connectivity index (χ0v) is 34.7. The van der Waals surface area contributed by atoms with E-state index in [9.17, 15) is 19.2 Å². The average molecular weight is 853 g/mol. The van der Waals surface area contributed by atoms with Crippen LogP contribution < -0.4 is 0 Å². The molecule has 48 heavy (non-hydrogen) atoms. The van der Waals surface area contributed by atoms with E-state index in [1.54, 1.807) is 47.0 Å². The molecule has 3 aliphatic rings. The lowest BCUT2D eigenvalue weighted by molar-refractivity contribution is -0.142. The molecule has 3 rings (SSSR count). The standard InChI is InChI=1S/C30H44O8S10/c31-25(32)1-3-27(35)37-21(13-39-7-5-29-43-9-10-44-29)15-41-17-23-19-48-24(20-47-23)18-42-16-22(38-28(36)4-2-26(33)34)14-40-8-6-30-45-11-12-46-30/h1-4,21-24,29-30H,5-20H2,(H,31,32)(H,33,34)/b3-1-,4-2-. The highest BCUT2D eigenvalue weighted by Crippen LogP contribution is 2.37. The second-order valence-electron chi connectivity index (χ2n) is 10.5. The van der Waals surface area contributed by atoms with Crippen LogP contribution in [0.3, 0.4) is 0 Å². The fourth-order valence-electron chi connectivity index (χ4n) is 4.29. The van der Waals surface area contributed by atoms with Gasteiger partial charge in [-0.05, 0) is 24.3 Å². The Bertz CT molecular complexity index is 951. The Morgan fingerprint density at radius 3 is 1.31 bits per heavy atom. The molecule has 3 heterocycles. The van der Waals surface area contributed by atoms with Crippen LogP contribution in [0, 0.1) is 0 Å². The summed E-state index contributed by atoms with van der Waals surface area (Å²) < 4.78 is 12.6. The number of esters is 2. The first-order valence-electron chi connectivity index (χ1n) is 15.5. The SMILES string of the molecule is O=C(O)/C=C\C(=O)OC(CSCCC1SCCS1)CSCC1CSC(CSCC(CSCCC2SCCS2)OC(=O)/C=C\C(=O)O)CS1. The lowest BCUT2D eigenvalue weighted by Gasteiger charge is -2.28. The summed E-state index contributed by atoms with van der Waals surface area (Å²) in [5, 5.41) is 18.7. The number of carboxylic acids is 2. The van der Waals surface area contributed by atoms with Gasteiger partial charge in [-0.1, -0.05) is 0 Å². The summed E-state index contributed by atoms with van der Waals surface area (Å²) in [7, 11) is 0. The predicted molar refractivity (Wildman–Crippen MR) is 222 cm³/mol. The van der Waals surface area contributed by atoms with Gasteiger partial charge in [0, 0.05) is 104 Å². The maximum Gasteiger partial charge on any atom is 0.331 e. The average Bonchev–Trinajstić information content (AvgIpc) is 3.78. The first-order chi connectivity index (χ1) is 23.3. The third-order valence-corrected chi connectivity index (χ3v) is 21.3. The van der Waals surface area contributed by atoms with Gasteiger partial charge >= 0.3 is 23.9 Å². The Labute approximate surface area is 327 Å². The molecule has 0 saturated carbocycles. The summed E-state index contributed by atoms with van der Waals surface area (Å²) >= 11 is 19.2. The van der Waals surface area contributed by atoms with Crippen LogP contribution in [0.1, 0.15) is 12.8 Å². The number of aliphatic carboxylic acids is 2. The van der Waals surface area contributed by atoms with E-state index in [2.05, 4.69) is 0 Å². The van der Waals surface area contributed by atoms with Crippen LogP contribution >= 0.6 is 118 Å². The summed E-state index contributed by atoms with van der Waals surface area (Å²) in [5.41, 5.74) is 0. The molecule has 3 saturated heterocycles. The molecule has 4 atom stereocenters. The highest BCUT2D eigenvalue weighted by Gasteiger charge is 2.25. The van der Waals surface area contributed by atoms with Crippen molar-refractivity contribution in [3.8, 4) is 0 Å². The fourth-order valence-corrected chi connectivity index (χ4v) is 18.9. The maximum absolute atomic E-state index is 12.2. The summed E-state index contributed by atoms with van der Waals surface area (Å²) in [6.07, 6.45) is 5.36. The Hall–Kier alpha value is 0.860. The van der Waals surface area contributed by atoms with Crippen molar-refractivity contribution in [1.82, 2.24) is 0 Å². The molecule has 0 bridgehead atoms. The first-order valence-corrected chi connectivity index (χ1v) is 26.4. The van der Waals surface area contributed by atoms with Crippen molar-refractivity contribution in [2.45, 2.75) is 44.7 Å². The van der Waals surface area contributed by atoms with Crippen molar-refractivity contribution < 1.29 is 38.9 Å². The molecule has 18 heteroatoms. The lowest BCUT2D eigenvalue weighted by Crippen LogP contribution is -2.28. The van der Waals surface area contributed by atoms with Crippen LogP contribution in [-0.2, 0) is 28.7 Å². The van der Waals surface area contributed by atoms with E-state index >= 15 is 0 Å². The molecule has 0 spiro atoms. The molecule has 3 aliphatic heterocycles. The van der Waals surface area contributed by atoms with Gasteiger partial charge in [-0.2, -0.15) is 70.6 Å². The number of thioether (sulfide) groups is 10.